The standard InChI is InChI=1S/C14H22ClN3O2S/c1-4-12-17-13(15)9(2)14(18-12)16-10-6-5-7-11(8-10)21(3,19)20/h10-11H,4-8H2,1-3H3,(H,16,17,18)/t10-,11-/m1/s1. The molecule has 21 heavy (non-hydrogen) atoms. The van der Waals surface area contributed by atoms with E-state index in [1.807, 2.05) is 13.8 Å². The quantitative estimate of drug-likeness (QED) is 0.859. The lowest BCUT2D eigenvalue weighted by molar-refractivity contribution is 0.452. The highest BCUT2D eigenvalue weighted by Gasteiger charge is 2.29. The van der Waals surface area contributed by atoms with Crippen LogP contribution in [0.25, 0.3) is 0 Å². The van der Waals surface area contributed by atoms with Crippen molar-refractivity contribution in [1.82, 2.24) is 9.97 Å². The zero-order valence-corrected chi connectivity index (χ0v) is 14.3. The molecular formula is C14H22ClN3O2S. The highest BCUT2D eigenvalue weighted by molar-refractivity contribution is 7.91. The highest BCUT2D eigenvalue weighted by Crippen LogP contribution is 2.28. The van der Waals surface area contributed by atoms with Crippen LogP contribution in [0.2, 0.25) is 5.15 Å². The van der Waals surface area contributed by atoms with Crippen molar-refractivity contribution < 1.29 is 8.42 Å². The van der Waals surface area contributed by atoms with Crippen molar-refractivity contribution in [2.45, 2.75) is 57.2 Å². The summed E-state index contributed by atoms with van der Waals surface area (Å²) in [5, 5.41) is 3.57. The first-order valence-corrected chi connectivity index (χ1v) is 9.63. The van der Waals surface area contributed by atoms with Gasteiger partial charge in [0.1, 0.15) is 26.6 Å². The first-order chi connectivity index (χ1) is 9.81. The number of rotatable bonds is 4. The van der Waals surface area contributed by atoms with Gasteiger partial charge in [-0.05, 0) is 26.2 Å². The predicted molar refractivity (Wildman–Crippen MR) is 85.7 cm³/mol. The summed E-state index contributed by atoms with van der Waals surface area (Å²) in [4.78, 5) is 8.69. The fourth-order valence-electron chi connectivity index (χ4n) is 2.69. The van der Waals surface area contributed by atoms with Crippen LogP contribution in [-0.4, -0.2) is 35.9 Å². The molecule has 2 atom stereocenters. The van der Waals surface area contributed by atoms with Gasteiger partial charge in [0, 0.05) is 24.3 Å². The Labute approximate surface area is 131 Å². The van der Waals surface area contributed by atoms with Crippen LogP contribution in [0, 0.1) is 6.92 Å². The maximum atomic E-state index is 11.7. The van der Waals surface area contributed by atoms with Crippen LogP contribution in [0.15, 0.2) is 0 Å². The van der Waals surface area contributed by atoms with Crippen LogP contribution in [0.4, 0.5) is 5.82 Å². The Morgan fingerprint density at radius 2 is 2.05 bits per heavy atom. The summed E-state index contributed by atoms with van der Waals surface area (Å²) in [5.41, 5.74) is 0.815. The SMILES string of the molecule is CCc1nc(Cl)c(C)c(N[C@@H]2CCC[C@@H](S(C)(=O)=O)C2)n1. The molecule has 0 bridgehead atoms. The van der Waals surface area contributed by atoms with Crippen LogP contribution in [-0.2, 0) is 16.3 Å². The molecule has 0 unspecified atom stereocenters. The third kappa shape index (κ3) is 4.07. The maximum absolute atomic E-state index is 11.7. The largest absolute Gasteiger partial charge is 0.367 e. The number of nitrogens with zero attached hydrogens (tertiary/aromatic N) is 2. The summed E-state index contributed by atoms with van der Waals surface area (Å²) < 4.78 is 23.5. The maximum Gasteiger partial charge on any atom is 0.150 e. The molecule has 0 radical (unpaired) electrons. The Morgan fingerprint density at radius 1 is 1.33 bits per heavy atom. The smallest absolute Gasteiger partial charge is 0.150 e. The lowest BCUT2D eigenvalue weighted by atomic mass is 9.95. The van der Waals surface area contributed by atoms with Crippen LogP contribution in [0.5, 0.6) is 0 Å². The van der Waals surface area contributed by atoms with Crippen LogP contribution in [0.1, 0.15) is 44.0 Å². The Morgan fingerprint density at radius 3 is 2.67 bits per heavy atom. The number of aromatic nitrogens is 2. The van der Waals surface area contributed by atoms with E-state index >= 15 is 0 Å². The second-order valence-corrected chi connectivity index (χ2v) is 8.40. The van der Waals surface area contributed by atoms with E-state index in [-0.39, 0.29) is 11.3 Å². The molecule has 1 aliphatic rings. The number of halogens is 1. The van der Waals surface area contributed by atoms with Gasteiger partial charge in [0.15, 0.2) is 0 Å². The van der Waals surface area contributed by atoms with E-state index in [2.05, 4.69) is 15.3 Å². The Hall–Kier alpha value is -0.880. The number of anilines is 1. The topological polar surface area (TPSA) is 72.0 Å². The molecule has 2 rings (SSSR count). The van der Waals surface area contributed by atoms with Crippen LogP contribution in [0.3, 0.4) is 0 Å². The third-order valence-corrected chi connectivity index (χ3v) is 6.03. The minimum Gasteiger partial charge on any atom is -0.367 e. The summed E-state index contributed by atoms with van der Waals surface area (Å²) in [6.45, 7) is 3.85. The molecule has 0 amide bonds. The van der Waals surface area contributed by atoms with Gasteiger partial charge in [0.2, 0.25) is 0 Å². The fourth-order valence-corrected chi connectivity index (χ4v) is 4.05. The summed E-state index contributed by atoms with van der Waals surface area (Å²) in [6.07, 6.45) is 5.28. The van der Waals surface area contributed by atoms with Gasteiger partial charge in [-0.15, -0.1) is 0 Å². The Bertz CT molecular complexity index is 619. The van der Waals surface area contributed by atoms with Crippen molar-refractivity contribution in [3.8, 4) is 0 Å². The molecule has 1 heterocycles. The van der Waals surface area contributed by atoms with Crippen molar-refractivity contribution in [2.24, 2.45) is 0 Å². The molecule has 7 heteroatoms. The highest BCUT2D eigenvalue weighted by atomic mass is 35.5. The first-order valence-electron chi connectivity index (χ1n) is 7.29. The van der Waals surface area contributed by atoms with Crippen molar-refractivity contribution in [3.05, 3.63) is 16.5 Å². The van der Waals surface area contributed by atoms with Crippen LogP contribution < -0.4 is 5.32 Å². The molecule has 5 nitrogen and oxygen atoms in total. The van der Waals surface area contributed by atoms with Gasteiger partial charge in [-0.1, -0.05) is 24.9 Å². The first kappa shape index (κ1) is 16.5. The van der Waals surface area contributed by atoms with Crippen molar-refractivity contribution in [1.29, 1.82) is 0 Å². The van der Waals surface area contributed by atoms with Gasteiger partial charge < -0.3 is 5.32 Å². The number of hydrogen-bond acceptors (Lipinski definition) is 5. The van der Waals surface area contributed by atoms with E-state index in [9.17, 15) is 8.42 Å². The minimum absolute atomic E-state index is 0.118. The molecule has 1 aromatic rings. The molecule has 118 valence electrons. The van der Waals surface area contributed by atoms with E-state index in [0.29, 0.717) is 23.8 Å². The molecule has 1 aliphatic carbocycles. The number of nitrogens with one attached hydrogen (secondary N) is 1. The van der Waals surface area contributed by atoms with Crippen LogP contribution >= 0.6 is 11.6 Å². The van der Waals surface area contributed by atoms with E-state index < -0.39 is 9.84 Å². The van der Waals surface area contributed by atoms with Crippen molar-refractivity contribution in [3.63, 3.8) is 0 Å². The fraction of sp³-hybridized carbons (Fsp3) is 0.714. The van der Waals surface area contributed by atoms with Gasteiger partial charge in [-0.2, -0.15) is 0 Å². The van der Waals surface area contributed by atoms with Crippen molar-refractivity contribution in [2.75, 3.05) is 11.6 Å². The lowest BCUT2D eigenvalue weighted by Crippen LogP contribution is -2.34. The third-order valence-electron chi connectivity index (χ3n) is 4.02. The van der Waals surface area contributed by atoms with Gasteiger partial charge >= 0.3 is 0 Å². The van der Waals surface area contributed by atoms with E-state index in [1.165, 1.54) is 6.26 Å². The van der Waals surface area contributed by atoms with E-state index in [1.54, 1.807) is 0 Å². The number of aryl methyl sites for hydroxylation is 1. The summed E-state index contributed by atoms with van der Waals surface area (Å²) in [7, 11) is -2.98. The molecule has 1 N–H and O–H groups in total. The van der Waals surface area contributed by atoms with E-state index in [4.69, 9.17) is 11.6 Å². The van der Waals surface area contributed by atoms with Crippen molar-refractivity contribution >= 4 is 27.3 Å². The minimum atomic E-state index is -2.98. The Balaban J connectivity index is 2.16. The Kier molecular flexibility index (Phi) is 5.09. The molecule has 0 spiro atoms. The zero-order valence-electron chi connectivity index (χ0n) is 12.7. The van der Waals surface area contributed by atoms with E-state index in [0.717, 1.165) is 30.6 Å². The average Bonchev–Trinajstić information content (AvgIpc) is 2.43. The van der Waals surface area contributed by atoms with Gasteiger partial charge in [0.05, 0.1) is 5.25 Å². The van der Waals surface area contributed by atoms with Gasteiger partial charge in [-0.25, -0.2) is 18.4 Å². The normalized spacial score (nSPS) is 23.0. The summed E-state index contributed by atoms with van der Waals surface area (Å²) >= 11 is 6.13. The molecular weight excluding hydrogens is 310 g/mol. The molecule has 1 fully saturated rings. The average molecular weight is 332 g/mol. The predicted octanol–water partition coefficient (Wildman–Crippen LogP) is 2.77. The summed E-state index contributed by atoms with van der Waals surface area (Å²) in [6, 6.07) is 0.118. The molecule has 0 aliphatic heterocycles. The molecule has 1 saturated carbocycles. The monoisotopic (exact) mass is 331 g/mol. The number of hydrogen-bond donors (Lipinski definition) is 1. The zero-order chi connectivity index (χ0) is 15.6. The molecule has 0 saturated heterocycles. The lowest BCUT2D eigenvalue weighted by Gasteiger charge is -2.29. The summed E-state index contributed by atoms with van der Waals surface area (Å²) in [5.74, 6) is 1.43. The molecule has 0 aromatic carbocycles. The number of sulfone groups is 1. The second-order valence-electron chi connectivity index (χ2n) is 5.72. The second kappa shape index (κ2) is 6.48. The molecule has 1 aromatic heterocycles. The van der Waals surface area contributed by atoms with Gasteiger partial charge in [0.25, 0.3) is 0 Å². The van der Waals surface area contributed by atoms with Gasteiger partial charge in [-0.3, -0.25) is 0 Å².